The number of Topliss-reactive ketones (excluding diaryl/α,β-unsaturated/α-hetero) is 1. The normalized spacial score (nSPS) is 16.0. The summed E-state index contributed by atoms with van der Waals surface area (Å²) in [6.45, 7) is 0. The Hall–Kier alpha value is -2.62. The van der Waals surface area contributed by atoms with Crippen molar-refractivity contribution < 1.29 is 29.0 Å². The van der Waals surface area contributed by atoms with E-state index in [1.807, 2.05) is 0 Å². The predicted molar refractivity (Wildman–Crippen MR) is 116 cm³/mol. The van der Waals surface area contributed by atoms with Crippen molar-refractivity contribution in [3.05, 3.63) is 30.1 Å². The smallest absolute Gasteiger partial charge is 0.329 e. The average Bonchev–Trinajstić information content (AvgIpc) is 2.77. The highest BCUT2D eigenvalue weighted by molar-refractivity contribution is 7.99. The van der Waals surface area contributed by atoms with Crippen LogP contribution < -0.4 is 10.6 Å². The molecule has 0 spiro atoms. The van der Waals surface area contributed by atoms with Crippen LogP contribution in [0.3, 0.4) is 0 Å². The molecular formula is C21H29N3O6S. The number of carbonyl (C=O) groups excluding carboxylic acids is 3. The molecule has 0 aliphatic heterocycles. The van der Waals surface area contributed by atoms with Gasteiger partial charge in [0.2, 0.25) is 0 Å². The molecular weight excluding hydrogens is 422 g/mol. The largest absolute Gasteiger partial charge is 0.481 e. The van der Waals surface area contributed by atoms with Crippen molar-refractivity contribution in [3.8, 4) is 0 Å². The maximum atomic E-state index is 12.7. The Morgan fingerprint density at radius 2 is 1.97 bits per heavy atom. The standard InChI is InChI=1S/C21H29N3O6S/c1-30-20(28)17(24-21(29)23-16-7-3-2-4-8-16)13-31-12-15(10-18(25)26)19(27)14-6-5-9-22-11-14/h5-6,9,11,15-17H,2-4,7-8,10,12-13H2,1H3,(H,25,26)(H2,23,24,29)/t15?,17-/m1/s1. The number of ether oxygens (including phenoxy) is 1. The third-order valence-electron chi connectivity index (χ3n) is 5.07. The molecule has 1 saturated carbocycles. The van der Waals surface area contributed by atoms with E-state index in [0.29, 0.717) is 5.56 Å². The fourth-order valence-electron chi connectivity index (χ4n) is 3.45. The number of nitrogens with one attached hydrogen (secondary N) is 2. The highest BCUT2D eigenvalue weighted by Gasteiger charge is 2.27. The number of carbonyl (C=O) groups is 4. The molecule has 1 aliphatic rings. The van der Waals surface area contributed by atoms with Gasteiger partial charge in [-0.05, 0) is 25.0 Å². The number of thioether (sulfide) groups is 1. The van der Waals surface area contributed by atoms with Crippen molar-refractivity contribution in [3.63, 3.8) is 0 Å². The Balaban J connectivity index is 1.92. The monoisotopic (exact) mass is 451 g/mol. The van der Waals surface area contributed by atoms with Gasteiger partial charge in [-0.3, -0.25) is 14.6 Å². The SMILES string of the molecule is COC(=O)[C@@H](CSCC(CC(=O)O)C(=O)c1cccnc1)NC(=O)NC1CCCCC1. The summed E-state index contributed by atoms with van der Waals surface area (Å²) < 4.78 is 4.78. The lowest BCUT2D eigenvalue weighted by Gasteiger charge is -2.24. The number of ketones is 1. The molecule has 2 amide bonds. The maximum Gasteiger partial charge on any atom is 0.329 e. The van der Waals surface area contributed by atoms with Gasteiger partial charge in [0.25, 0.3) is 0 Å². The number of methoxy groups -OCH3 is 1. The van der Waals surface area contributed by atoms with Crippen LogP contribution in [0.4, 0.5) is 4.79 Å². The van der Waals surface area contributed by atoms with Gasteiger partial charge in [-0.15, -0.1) is 0 Å². The summed E-state index contributed by atoms with van der Waals surface area (Å²) in [6, 6.07) is 1.95. The van der Waals surface area contributed by atoms with Crippen molar-refractivity contribution in [1.82, 2.24) is 15.6 Å². The fourth-order valence-corrected chi connectivity index (χ4v) is 4.60. The van der Waals surface area contributed by atoms with Gasteiger partial charge in [0.1, 0.15) is 6.04 Å². The molecule has 170 valence electrons. The summed E-state index contributed by atoms with van der Waals surface area (Å²) in [5.74, 6) is -2.45. The van der Waals surface area contributed by atoms with E-state index in [-0.39, 0.29) is 29.8 Å². The minimum Gasteiger partial charge on any atom is -0.481 e. The molecule has 0 bridgehead atoms. The van der Waals surface area contributed by atoms with Crippen molar-refractivity contribution in [2.75, 3.05) is 18.6 Å². The number of pyridine rings is 1. The molecule has 0 saturated heterocycles. The molecule has 1 fully saturated rings. The van der Waals surface area contributed by atoms with E-state index >= 15 is 0 Å². The van der Waals surface area contributed by atoms with Crippen LogP contribution in [-0.2, 0) is 14.3 Å². The highest BCUT2D eigenvalue weighted by Crippen LogP contribution is 2.20. The van der Waals surface area contributed by atoms with Crippen LogP contribution in [0.15, 0.2) is 24.5 Å². The lowest BCUT2D eigenvalue weighted by molar-refractivity contribution is -0.142. The molecule has 1 heterocycles. The van der Waals surface area contributed by atoms with Crippen LogP contribution in [0.25, 0.3) is 0 Å². The van der Waals surface area contributed by atoms with Crippen LogP contribution in [0.2, 0.25) is 0 Å². The lowest BCUT2D eigenvalue weighted by atomic mass is 9.96. The molecule has 9 nitrogen and oxygen atoms in total. The van der Waals surface area contributed by atoms with E-state index in [4.69, 9.17) is 4.74 Å². The van der Waals surface area contributed by atoms with E-state index in [2.05, 4.69) is 15.6 Å². The number of carboxylic acids is 1. The minimum atomic E-state index is -1.09. The molecule has 0 aromatic carbocycles. The zero-order chi connectivity index (χ0) is 22.6. The van der Waals surface area contributed by atoms with Gasteiger partial charge < -0.3 is 20.5 Å². The van der Waals surface area contributed by atoms with Crippen molar-refractivity contribution in [2.24, 2.45) is 5.92 Å². The molecule has 3 N–H and O–H groups in total. The number of aliphatic carboxylic acids is 1. The minimum absolute atomic E-state index is 0.0942. The zero-order valence-electron chi connectivity index (χ0n) is 17.5. The molecule has 31 heavy (non-hydrogen) atoms. The Morgan fingerprint density at radius 3 is 2.58 bits per heavy atom. The van der Waals surface area contributed by atoms with Gasteiger partial charge in [0.15, 0.2) is 5.78 Å². The first kappa shape index (κ1) is 24.6. The second kappa shape index (κ2) is 12.9. The molecule has 1 unspecified atom stereocenters. The van der Waals surface area contributed by atoms with Gasteiger partial charge in [0, 0.05) is 41.4 Å². The van der Waals surface area contributed by atoms with Crippen molar-refractivity contribution >= 4 is 35.5 Å². The number of urea groups is 1. The van der Waals surface area contributed by atoms with Crippen LogP contribution in [-0.4, -0.2) is 64.5 Å². The number of rotatable bonds is 11. The average molecular weight is 452 g/mol. The van der Waals surface area contributed by atoms with Gasteiger partial charge in [-0.25, -0.2) is 9.59 Å². The third kappa shape index (κ3) is 8.56. The molecule has 1 aromatic rings. The van der Waals surface area contributed by atoms with Crippen LogP contribution in [0.5, 0.6) is 0 Å². The molecule has 10 heteroatoms. The Labute approximate surface area is 185 Å². The van der Waals surface area contributed by atoms with Crippen LogP contribution >= 0.6 is 11.8 Å². The summed E-state index contributed by atoms with van der Waals surface area (Å²) in [7, 11) is 1.24. The van der Waals surface area contributed by atoms with Gasteiger partial charge in [0.05, 0.1) is 13.5 Å². The molecule has 1 aliphatic carbocycles. The predicted octanol–water partition coefficient (Wildman–Crippen LogP) is 2.26. The lowest BCUT2D eigenvalue weighted by Crippen LogP contribution is -2.50. The first-order chi connectivity index (χ1) is 14.9. The Bertz CT molecular complexity index is 755. The van der Waals surface area contributed by atoms with E-state index in [1.165, 1.54) is 31.3 Å². The van der Waals surface area contributed by atoms with Crippen LogP contribution in [0.1, 0.15) is 48.9 Å². The summed E-state index contributed by atoms with van der Waals surface area (Å²) in [5, 5.41) is 14.7. The number of carboxylic acid groups (broad SMARTS) is 1. The van der Waals surface area contributed by atoms with Gasteiger partial charge in [-0.1, -0.05) is 19.3 Å². The van der Waals surface area contributed by atoms with Crippen molar-refractivity contribution in [1.29, 1.82) is 0 Å². The number of nitrogens with zero attached hydrogens (tertiary/aromatic N) is 1. The second-order valence-electron chi connectivity index (χ2n) is 7.47. The summed E-state index contributed by atoms with van der Waals surface area (Å²) in [5.41, 5.74) is 0.337. The second-order valence-corrected chi connectivity index (χ2v) is 8.54. The molecule has 1 aromatic heterocycles. The molecule has 0 radical (unpaired) electrons. The highest BCUT2D eigenvalue weighted by atomic mass is 32.2. The van der Waals surface area contributed by atoms with E-state index < -0.39 is 29.9 Å². The summed E-state index contributed by atoms with van der Waals surface area (Å²) in [4.78, 5) is 52.2. The summed E-state index contributed by atoms with van der Waals surface area (Å²) >= 11 is 1.22. The topological polar surface area (TPSA) is 135 Å². The Kier molecular flexibility index (Phi) is 10.3. The van der Waals surface area contributed by atoms with E-state index in [0.717, 1.165) is 32.1 Å². The first-order valence-corrected chi connectivity index (χ1v) is 11.4. The number of hydrogen-bond donors (Lipinski definition) is 3. The molecule has 2 atom stereocenters. The van der Waals surface area contributed by atoms with E-state index in [1.54, 1.807) is 12.1 Å². The summed E-state index contributed by atoms with van der Waals surface area (Å²) in [6.07, 6.45) is 7.72. The maximum absolute atomic E-state index is 12.7. The third-order valence-corrected chi connectivity index (χ3v) is 6.28. The quantitative estimate of drug-likeness (QED) is 0.344. The van der Waals surface area contributed by atoms with E-state index in [9.17, 15) is 24.3 Å². The Morgan fingerprint density at radius 1 is 1.23 bits per heavy atom. The van der Waals surface area contributed by atoms with Gasteiger partial charge >= 0.3 is 18.0 Å². The van der Waals surface area contributed by atoms with Crippen LogP contribution in [0, 0.1) is 5.92 Å². The number of aromatic nitrogens is 1. The fraction of sp³-hybridized carbons (Fsp3) is 0.571. The van der Waals surface area contributed by atoms with Gasteiger partial charge in [-0.2, -0.15) is 11.8 Å². The number of amides is 2. The zero-order valence-corrected chi connectivity index (χ0v) is 18.4. The molecule has 2 rings (SSSR count). The first-order valence-electron chi connectivity index (χ1n) is 10.3. The number of esters is 1. The number of hydrogen-bond acceptors (Lipinski definition) is 7. The van der Waals surface area contributed by atoms with Crippen molar-refractivity contribution in [2.45, 2.75) is 50.6 Å².